The molecule has 94 valence electrons. The van der Waals surface area contributed by atoms with E-state index in [1.54, 1.807) is 0 Å². The van der Waals surface area contributed by atoms with Crippen molar-refractivity contribution in [2.45, 2.75) is 45.8 Å². The highest BCUT2D eigenvalue weighted by atomic mass is 16.5. The van der Waals surface area contributed by atoms with Gasteiger partial charge in [0.1, 0.15) is 0 Å². The first-order valence-corrected chi connectivity index (χ1v) is 6.18. The summed E-state index contributed by atoms with van der Waals surface area (Å²) in [7, 11) is 0. The Labute approximate surface area is 98.1 Å². The average molecular weight is 228 g/mol. The number of hydrogen-bond acceptors (Lipinski definition) is 3. The van der Waals surface area contributed by atoms with Crippen molar-refractivity contribution in [3.8, 4) is 0 Å². The Morgan fingerprint density at radius 1 is 1.56 bits per heavy atom. The summed E-state index contributed by atoms with van der Waals surface area (Å²) >= 11 is 0. The minimum atomic E-state index is 0.0511. The number of nitrogens with two attached hydrogens (primary N) is 1. The van der Waals surface area contributed by atoms with Gasteiger partial charge in [0, 0.05) is 12.6 Å². The van der Waals surface area contributed by atoms with Crippen LogP contribution >= 0.6 is 0 Å². The number of ether oxygens (including phenoxy) is 1. The molecule has 2 unspecified atom stereocenters. The summed E-state index contributed by atoms with van der Waals surface area (Å²) in [5.74, 6) is 0.281. The fourth-order valence-corrected chi connectivity index (χ4v) is 2.11. The minimum absolute atomic E-state index is 0.0511. The van der Waals surface area contributed by atoms with Gasteiger partial charge >= 0.3 is 0 Å². The zero-order valence-electron chi connectivity index (χ0n) is 10.6. The van der Waals surface area contributed by atoms with Gasteiger partial charge in [-0.1, -0.05) is 0 Å². The summed E-state index contributed by atoms with van der Waals surface area (Å²) in [6.45, 7) is 8.09. The van der Waals surface area contributed by atoms with Crippen LogP contribution in [0.25, 0.3) is 0 Å². The topological polar surface area (TPSA) is 55.6 Å². The first-order chi connectivity index (χ1) is 7.56. The molecule has 2 N–H and O–H groups in total. The molecule has 0 aromatic carbocycles. The van der Waals surface area contributed by atoms with E-state index in [1.165, 1.54) is 0 Å². The molecule has 0 spiro atoms. The molecule has 1 fully saturated rings. The van der Waals surface area contributed by atoms with Gasteiger partial charge in [-0.15, -0.1) is 0 Å². The van der Waals surface area contributed by atoms with Crippen LogP contribution in [0.15, 0.2) is 0 Å². The van der Waals surface area contributed by atoms with Crippen LogP contribution in [0.3, 0.4) is 0 Å². The van der Waals surface area contributed by atoms with Crippen molar-refractivity contribution in [1.29, 1.82) is 0 Å². The first kappa shape index (κ1) is 13.5. The van der Waals surface area contributed by atoms with Gasteiger partial charge in [-0.2, -0.15) is 0 Å². The number of hydrogen-bond donors (Lipinski definition) is 1. The van der Waals surface area contributed by atoms with Crippen molar-refractivity contribution in [2.75, 3.05) is 19.7 Å². The molecule has 1 saturated heterocycles. The third kappa shape index (κ3) is 3.46. The van der Waals surface area contributed by atoms with Crippen LogP contribution in [0.2, 0.25) is 0 Å². The maximum Gasteiger partial charge on any atom is 0.228 e. The number of nitrogens with zero attached hydrogens (tertiary/aromatic N) is 1. The van der Waals surface area contributed by atoms with Gasteiger partial charge in [-0.25, -0.2) is 0 Å². The Kier molecular flexibility index (Phi) is 5.22. The van der Waals surface area contributed by atoms with Gasteiger partial charge < -0.3 is 15.4 Å². The average Bonchev–Trinajstić information content (AvgIpc) is 2.64. The summed E-state index contributed by atoms with van der Waals surface area (Å²) in [4.78, 5) is 14.2. The maximum absolute atomic E-state index is 12.2. The Morgan fingerprint density at radius 2 is 2.25 bits per heavy atom. The first-order valence-electron chi connectivity index (χ1n) is 6.18. The molecule has 1 heterocycles. The van der Waals surface area contributed by atoms with Gasteiger partial charge in [0.25, 0.3) is 0 Å². The second-order valence-electron chi connectivity index (χ2n) is 4.84. The molecule has 1 rings (SSSR count). The molecule has 4 nitrogen and oxygen atoms in total. The van der Waals surface area contributed by atoms with Crippen molar-refractivity contribution in [1.82, 2.24) is 4.90 Å². The van der Waals surface area contributed by atoms with E-state index in [0.29, 0.717) is 13.2 Å². The molecule has 4 heteroatoms. The van der Waals surface area contributed by atoms with Gasteiger partial charge in [0.15, 0.2) is 0 Å². The van der Waals surface area contributed by atoms with Crippen molar-refractivity contribution >= 4 is 5.91 Å². The van der Waals surface area contributed by atoms with Crippen LogP contribution < -0.4 is 5.73 Å². The summed E-state index contributed by atoms with van der Waals surface area (Å²) < 4.78 is 5.45. The van der Waals surface area contributed by atoms with Crippen molar-refractivity contribution in [3.63, 3.8) is 0 Å². The highest BCUT2D eigenvalue weighted by Gasteiger charge is 2.32. The summed E-state index contributed by atoms with van der Waals surface area (Å²) in [6, 6.07) is 0.245. The van der Waals surface area contributed by atoms with Crippen molar-refractivity contribution in [3.05, 3.63) is 0 Å². The van der Waals surface area contributed by atoms with Crippen LogP contribution in [0, 0.1) is 5.92 Å². The monoisotopic (exact) mass is 228 g/mol. The Balaban J connectivity index is 2.53. The Bertz CT molecular complexity index is 231. The summed E-state index contributed by atoms with van der Waals surface area (Å²) in [5, 5.41) is 0. The quantitative estimate of drug-likeness (QED) is 0.763. The van der Waals surface area contributed by atoms with E-state index in [-0.39, 0.29) is 24.0 Å². The standard InChI is InChI=1S/C12H24N2O2/c1-9(2)14(6-4-5-13)12(15)11-7-10(3)16-8-11/h9-11H,4-8,13H2,1-3H3. The lowest BCUT2D eigenvalue weighted by atomic mass is 10.0. The highest BCUT2D eigenvalue weighted by Crippen LogP contribution is 2.22. The van der Waals surface area contributed by atoms with E-state index in [2.05, 4.69) is 0 Å². The van der Waals surface area contributed by atoms with Crippen molar-refractivity contribution < 1.29 is 9.53 Å². The number of carbonyl (C=O) groups excluding carboxylic acids is 1. The molecule has 1 aliphatic heterocycles. The SMILES string of the molecule is CC1CC(C(=O)N(CCCN)C(C)C)CO1. The molecule has 1 aliphatic rings. The predicted octanol–water partition coefficient (Wildman–Crippen LogP) is 0.997. The minimum Gasteiger partial charge on any atom is -0.378 e. The molecule has 0 saturated carbocycles. The van der Waals surface area contributed by atoms with Gasteiger partial charge in [-0.3, -0.25) is 4.79 Å². The molecule has 0 radical (unpaired) electrons. The molecular weight excluding hydrogens is 204 g/mol. The van der Waals surface area contributed by atoms with Crippen LogP contribution in [0.4, 0.5) is 0 Å². The molecule has 0 bridgehead atoms. The van der Waals surface area contributed by atoms with Crippen LogP contribution in [-0.4, -0.2) is 42.6 Å². The van der Waals surface area contributed by atoms with E-state index in [0.717, 1.165) is 19.4 Å². The molecule has 16 heavy (non-hydrogen) atoms. The zero-order chi connectivity index (χ0) is 12.1. The summed E-state index contributed by atoms with van der Waals surface area (Å²) in [5.41, 5.74) is 5.49. The van der Waals surface area contributed by atoms with E-state index in [4.69, 9.17) is 10.5 Å². The lowest BCUT2D eigenvalue weighted by molar-refractivity contribution is -0.137. The van der Waals surface area contributed by atoms with E-state index >= 15 is 0 Å². The van der Waals surface area contributed by atoms with Gasteiger partial charge in [0.05, 0.1) is 18.6 Å². The second kappa shape index (κ2) is 6.21. The van der Waals surface area contributed by atoms with Crippen molar-refractivity contribution in [2.24, 2.45) is 11.7 Å². The molecule has 0 aliphatic carbocycles. The van der Waals surface area contributed by atoms with Crippen LogP contribution in [-0.2, 0) is 9.53 Å². The predicted molar refractivity (Wildman–Crippen MR) is 64.0 cm³/mol. The number of rotatable bonds is 5. The Hall–Kier alpha value is -0.610. The maximum atomic E-state index is 12.2. The van der Waals surface area contributed by atoms with E-state index in [9.17, 15) is 4.79 Å². The second-order valence-corrected chi connectivity index (χ2v) is 4.84. The highest BCUT2D eigenvalue weighted by molar-refractivity contribution is 5.79. The number of amides is 1. The number of carbonyl (C=O) groups is 1. The molecular formula is C12H24N2O2. The third-order valence-electron chi connectivity index (χ3n) is 3.06. The molecule has 1 amide bonds. The van der Waals surface area contributed by atoms with Crippen LogP contribution in [0.5, 0.6) is 0 Å². The zero-order valence-corrected chi connectivity index (χ0v) is 10.6. The fourth-order valence-electron chi connectivity index (χ4n) is 2.11. The van der Waals surface area contributed by atoms with Gasteiger partial charge in [0.2, 0.25) is 5.91 Å². The third-order valence-corrected chi connectivity index (χ3v) is 3.06. The van der Waals surface area contributed by atoms with E-state index < -0.39 is 0 Å². The smallest absolute Gasteiger partial charge is 0.228 e. The molecule has 0 aromatic rings. The Morgan fingerprint density at radius 3 is 2.69 bits per heavy atom. The largest absolute Gasteiger partial charge is 0.378 e. The molecule has 0 aromatic heterocycles. The van der Waals surface area contributed by atoms with Crippen LogP contribution in [0.1, 0.15) is 33.6 Å². The normalized spacial score (nSPS) is 25.1. The fraction of sp³-hybridized carbons (Fsp3) is 0.917. The lowest BCUT2D eigenvalue weighted by Gasteiger charge is -2.28. The van der Waals surface area contributed by atoms with Gasteiger partial charge in [-0.05, 0) is 40.2 Å². The van der Waals surface area contributed by atoms with E-state index in [1.807, 2.05) is 25.7 Å². The summed E-state index contributed by atoms with van der Waals surface area (Å²) in [6.07, 6.45) is 1.94. The lowest BCUT2D eigenvalue weighted by Crippen LogP contribution is -2.42. The molecule has 2 atom stereocenters.